The molecule has 98 valence electrons. The van der Waals surface area contributed by atoms with Crippen molar-refractivity contribution in [2.75, 3.05) is 0 Å². The summed E-state index contributed by atoms with van der Waals surface area (Å²) in [6.07, 6.45) is -1.04. The molecule has 0 aliphatic heterocycles. The fourth-order valence-corrected chi connectivity index (χ4v) is 2.31. The highest BCUT2D eigenvalue weighted by atomic mass is 32.1. The third-order valence-electron chi connectivity index (χ3n) is 2.52. The van der Waals surface area contributed by atoms with Crippen LogP contribution in [-0.2, 0) is 4.79 Å². The average molecular weight is 280 g/mol. The lowest BCUT2D eigenvalue weighted by molar-refractivity contribution is -0.130. The maximum atomic E-state index is 12.4. The molecule has 5 heteroatoms. The molecule has 2 rings (SSSR count). The lowest BCUT2D eigenvalue weighted by Crippen LogP contribution is -1.97. The summed E-state index contributed by atoms with van der Waals surface area (Å²) in [4.78, 5) is 11.8. The van der Waals surface area contributed by atoms with E-state index in [1.165, 1.54) is 41.7 Å². The van der Waals surface area contributed by atoms with E-state index >= 15 is 0 Å². The summed E-state index contributed by atoms with van der Waals surface area (Å²) in [7, 11) is 0. The lowest BCUT2D eigenvalue weighted by atomic mass is 10.1. The number of rotatable bonds is 4. The smallest absolute Gasteiger partial charge is 0.337 e. The van der Waals surface area contributed by atoms with Gasteiger partial charge in [-0.2, -0.15) is 0 Å². The van der Waals surface area contributed by atoms with Gasteiger partial charge in [-0.15, -0.1) is 11.3 Å². The Morgan fingerprint density at radius 3 is 2.37 bits per heavy atom. The number of halogens is 2. The quantitative estimate of drug-likeness (QED) is 0.847. The molecule has 0 saturated carbocycles. The van der Waals surface area contributed by atoms with Gasteiger partial charge in [-0.1, -0.05) is 30.3 Å². The van der Waals surface area contributed by atoms with Crippen LogP contribution in [0.15, 0.2) is 41.8 Å². The Balaban J connectivity index is 2.34. The molecule has 1 heterocycles. The summed E-state index contributed by atoms with van der Waals surface area (Å²) in [6.45, 7) is 0. The van der Waals surface area contributed by atoms with Crippen molar-refractivity contribution in [3.63, 3.8) is 0 Å². The standard InChI is InChI=1S/C14H10F2O2S/c15-13(16)10-5-3-9(4-6-10)8-11(14(17)18)12-2-1-7-19-12/h1-8,13H,(H,17,18)/b11-8+. The molecule has 0 atom stereocenters. The second-order valence-corrected chi connectivity index (χ2v) is 4.76. The number of hydrogen-bond donors (Lipinski definition) is 1. The second kappa shape index (κ2) is 5.75. The minimum atomic E-state index is -2.52. The van der Waals surface area contributed by atoms with Crippen LogP contribution in [0.3, 0.4) is 0 Å². The van der Waals surface area contributed by atoms with E-state index in [0.29, 0.717) is 10.4 Å². The highest BCUT2D eigenvalue weighted by Crippen LogP contribution is 2.24. The average Bonchev–Trinajstić information content (AvgIpc) is 2.89. The van der Waals surface area contributed by atoms with Crippen LogP contribution in [0.2, 0.25) is 0 Å². The fraction of sp³-hybridized carbons (Fsp3) is 0.0714. The molecule has 0 unspecified atom stereocenters. The predicted octanol–water partition coefficient (Wildman–Crippen LogP) is 4.31. The monoisotopic (exact) mass is 280 g/mol. The van der Waals surface area contributed by atoms with E-state index in [0.717, 1.165) is 0 Å². The zero-order valence-corrected chi connectivity index (χ0v) is 10.5. The molecule has 2 nitrogen and oxygen atoms in total. The molecule has 1 N–H and O–H groups in total. The molecule has 0 fully saturated rings. The van der Waals surface area contributed by atoms with Gasteiger partial charge in [0.05, 0.1) is 5.57 Å². The van der Waals surface area contributed by atoms with E-state index in [4.69, 9.17) is 5.11 Å². The van der Waals surface area contributed by atoms with Crippen LogP contribution in [0, 0.1) is 0 Å². The van der Waals surface area contributed by atoms with E-state index in [1.807, 2.05) is 0 Å². The number of hydrogen-bond acceptors (Lipinski definition) is 2. The van der Waals surface area contributed by atoms with Gasteiger partial charge in [0.25, 0.3) is 6.43 Å². The van der Waals surface area contributed by atoms with Crippen LogP contribution in [0.25, 0.3) is 11.6 Å². The third kappa shape index (κ3) is 3.26. The van der Waals surface area contributed by atoms with Crippen LogP contribution in [0.5, 0.6) is 0 Å². The largest absolute Gasteiger partial charge is 0.478 e. The molecule has 19 heavy (non-hydrogen) atoms. The Labute approximate surface area is 112 Å². The number of aliphatic carboxylic acids is 1. The number of carbonyl (C=O) groups is 1. The number of alkyl halides is 2. The first-order valence-electron chi connectivity index (χ1n) is 5.45. The fourth-order valence-electron chi connectivity index (χ4n) is 1.57. The molecule has 0 bridgehead atoms. The predicted molar refractivity (Wildman–Crippen MR) is 71.2 cm³/mol. The highest BCUT2D eigenvalue weighted by molar-refractivity contribution is 7.11. The van der Waals surface area contributed by atoms with Gasteiger partial charge in [0.1, 0.15) is 0 Å². The molecule has 2 aromatic rings. The Hall–Kier alpha value is -2.01. The van der Waals surface area contributed by atoms with E-state index < -0.39 is 12.4 Å². The van der Waals surface area contributed by atoms with Crippen LogP contribution < -0.4 is 0 Å². The Bertz CT molecular complexity index is 586. The molecule has 0 saturated heterocycles. The van der Waals surface area contributed by atoms with Crippen LogP contribution in [0.1, 0.15) is 22.4 Å². The molecule has 0 spiro atoms. The zero-order chi connectivity index (χ0) is 13.8. The summed E-state index contributed by atoms with van der Waals surface area (Å²) in [5.74, 6) is -1.04. The summed E-state index contributed by atoms with van der Waals surface area (Å²) >= 11 is 1.32. The molecule has 1 aromatic carbocycles. The first-order valence-corrected chi connectivity index (χ1v) is 6.33. The van der Waals surface area contributed by atoms with Crippen molar-refractivity contribution in [2.24, 2.45) is 0 Å². The van der Waals surface area contributed by atoms with Crippen LogP contribution in [-0.4, -0.2) is 11.1 Å². The summed E-state index contributed by atoms with van der Waals surface area (Å²) in [5.41, 5.74) is 0.653. The molecular formula is C14H10F2O2S. The first kappa shape index (κ1) is 13.4. The van der Waals surface area contributed by atoms with Gasteiger partial charge in [0.15, 0.2) is 0 Å². The van der Waals surface area contributed by atoms with Gasteiger partial charge >= 0.3 is 5.97 Å². The minimum absolute atomic E-state index is 0.0786. The van der Waals surface area contributed by atoms with Crippen LogP contribution in [0.4, 0.5) is 8.78 Å². The topological polar surface area (TPSA) is 37.3 Å². The molecule has 0 aliphatic rings. The molecule has 0 aliphatic carbocycles. The van der Waals surface area contributed by atoms with Gasteiger partial charge in [-0.25, -0.2) is 13.6 Å². The van der Waals surface area contributed by atoms with Gasteiger partial charge < -0.3 is 5.11 Å². The lowest BCUT2D eigenvalue weighted by Gasteiger charge is -2.02. The first-order chi connectivity index (χ1) is 9.08. The second-order valence-electron chi connectivity index (χ2n) is 3.81. The molecule has 0 amide bonds. The Kier molecular flexibility index (Phi) is 4.06. The van der Waals surface area contributed by atoms with E-state index in [9.17, 15) is 13.6 Å². The summed E-state index contributed by atoms with van der Waals surface area (Å²) in [5, 5.41) is 11.0. The van der Waals surface area contributed by atoms with Gasteiger partial charge in [0, 0.05) is 10.4 Å². The van der Waals surface area contributed by atoms with E-state index in [2.05, 4.69) is 0 Å². The number of carboxylic acids is 1. The van der Waals surface area contributed by atoms with E-state index in [-0.39, 0.29) is 11.1 Å². The zero-order valence-electron chi connectivity index (χ0n) is 9.72. The molecule has 0 radical (unpaired) electrons. The third-order valence-corrected chi connectivity index (χ3v) is 3.42. The molecular weight excluding hydrogens is 270 g/mol. The van der Waals surface area contributed by atoms with E-state index in [1.54, 1.807) is 17.5 Å². The normalized spacial score (nSPS) is 11.8. The van der Waals surface area contributed by atoms with Crippen molar-refractivity contribution in [1.82, 2.24) is 0 Å². The van der Waals surface area contributed by atoms with Crippen molar-refractivity contribution in [1.29, 1.82) is 0 Å². The highest BCUT2D eigenvalue weighted by Gasteiger charge is 2.12. The molecule has 1 aromatic heterocycles. The van der Waals surface area contributed by atoms with Gasteiger partial charge in [-0.3, -0.25) is 0 Å². The number of benzene rings is 1. The number of thiophene rings is 1. The summed E-state index contributed by atoms with van der Waals surface area (Å²) in [6, 6.07) is 9.03. The SMILES string of the molecule is O=C(O)/C(=C/c1ccc(C(F)F)cc1)c1cccs1. The Morgan fingerprint density at radius 1 is 1.21 bits per heavy atom. The summed E-state index contributed by atoms with van der Waals surface area (Å²) < 4.78 is 24.8. The van der Waals surface area contributed by atoms with Crippen molar-refractivity contribution >= 4 is 29.0 Å². The minimum Gasteiger partial charge on any atom is -0.478 e. The maximum Gasteiger partial charge on any atom is 0.337 e. The van der Waals surface area contributed by atoms with Crippen molar-refractivity contribution in [2.45, 2.75) is 6.43 Å². The number of carboxylic acid groups (broad SMARTS) is 1. The van der Waals surface area contributed by atoms with Gasteiger partial charge in [0.2, 0.25) is 0 Å². The van der Waals surface area contributed by atoms with Crippen molar-refractivity contribution in [3.05, 3.63) is 57.8 Å². The van der Waals surface area contributed by atoms with Gasteiger partial charge in [-0.05, 0) is 23.1 Å². The van der Waals surface area contributed by atoms with Crippen molar-refractivity contribution < 1.29 is 18.7 Å². The maximum absolute atomic E-state index is 12.4. The Morgan fingerprint density at radius 2 is 1.89 bits per heavy atom. The van der Waals surface area contributed by atoms with Crippen molar-refractivity contribution in [3.8, 4) is 0 Å². The van der Waals surface area contributed by atoms with Crippen LogP contribution >= 0.6 is 11.3 Å².